The molecule has 6 fully saturated rings. The van der Waals surface area contributed by atoms with Crippen molar-refractivity contribution in [2.75, 3.05) is 40.4 Å². The largest absolute Gasteiger partial charge is 1.00 e. The van der Waals surface area contributed by atoms with E-state index >= 15 is 0 Å². The minimum Gasteiger partial charge on any atom is -1.00 e. The number of piperidine rings is 6. The second-order valence-electron chi connectivity index (χ2n) is 13.9. The maximum atomic E-state index is 11.2. The van der Waals surface area contributed by atoms with E-state index in [1.54, 1.807) is 26.6 Å². The molecule has 4 aromatic rings. The number of fused-ring (bicyclic) bond motifs is 8. The van der Waals surface area contributed by atoms with E-state index in [9.17, 15) is 10.2 Å². The number of aliphatic hydroxyl groups excluding tert-OH is 2. The topological polar surface area (TPSA) is 123 Å². The number of hydrogen-bond donors (Lipinski definition) is 2. The molecule has 268 valence electrons. The number of methoxy groups -OCH3 is 2. The fraction of sp³-hybridized carbons (Fsp3) is 0.450. The zero-order chi connectivity index (χ0) is 33.4. The van der Waals surface area contributed by atoms with Crippen LogP contribution in [-0.4, -0.2) is 87.9 Å². The first kappa shape index (κ1) is 37.7. The molecule has 4 N–H and O–H groups in total. The number of hydrogen-bond acceptors (Lipinski definition) is 8. The van der Waals surface area contributed by atoms with Gasteiger partial charge in [0.25, 0.3) is 0 Å². The maximum absolute atomic E-state index is 11.2. The standard InChI is InChI=1S/2C20H24N2O2.ClH.H2O/c2*1-3-13-12-22-9-7-14(13)10-19(22)20(23)16-6-8-21-18-5-4-15(24-2)11-17(16)18;;/h2*3-6,8,11,13-14,19-20,23H,1,7,9-10,12H2,2H3;1H;1H2/p-1/t2*13-,14?,19?,20-;;/m00../s1. The third-order valence-electron chi connectivity index (χ3n) is 11.6. The molecular formula is C40H50ClN4O5-. The molecular weight excluding hydrogens is 652 g/mol. The summed E-state index contributed by atoms with van der Waals surface area (Å²) >= 11 is 0. The van der Waals surface area contributed by atoms with Gasteiger partial charge in [0.1, 0.15) is 11.5 Å². The van der Waals surface area contributed by atoms with Crippen LogP contribution >= 0.6 is 0 Å². The molecule has 0 amide bonds. The third kappa shape index (κ3) is 7.13. The Bertz CT molecular complexity index is 1660. The van der Waals surface area contributed by atoms with Crippen LogP contribution in [0.5, 0.6) is 11.5 Å². The van der Waals surface area contributed by atoms with E-state index in [0.29, 0.717) is 23.7 Å². The van der Waals surface area contributed by atoms with Gasteiger partial charge in [-0.2, -0.15) is 0 Å². The normalized spacial score (nSPS) is 29.0. The number of aromatic nitrogens is 2. The lowest BCUT2D eigenvalue weighted by Crippen LogP contribution is -3.00. The molecule has 0 saturated carbocycles. The molecule has 10 heteroatoms. The van der Waals surface area contributed by atoms with Crippen molar-refractivity contribution < 1.29 is 37.6 Å². The second-order valence-corrected chi connectivity index (χ2v) is 13.9. The van der Waals surface area contributed by atoms with Gasteiger partial charge in [-0.3, -0.25) is 19.8 Å². The highest BCUT2D eigenvalue weighted by molar-refractivity contribution is 5.84. The quantitative estimate of drug-likeness (QED) is 0.269. The molecule has 0 spiro atoms. The smallest absolute Gasteiger partial charge is 0.119 e. The van der Waals surface area contributed by atoms with Gasteiger partial charge in [0, 0.05) is 48.3 Å². The van der Waals surface area contributed by atoms with Crippen molar-refractivity contribution in [3.8, 4) is 11.5 Å². The number of halogens is 1. The van der Waals surface area contributed by atoms with E-state index in [0.717, 1.165) is 83.5 Å². The lowest BCUT2D eigenvalue weighted by atomic mass is 9.73. The van der Waals surface area contributed by atoms with E-state index in [2.05, 4.69) is 45.1 Å². The van der Waals surface area contributed by atoms with Gasteiger partial charge in [0.05, 0.1) is 37.5 Å². The Hall–Kier alpha value is -3.57. The van der Waals surface area contributed by atoms with Crippen molar-refractivity contribution in [3.05, 3.63) is 97.4 Å². The van der Waals surface area contributed by atoms with Crippen LogP contribution in [0.3, 0.4) is 0 Å². The summed E-state index contributed by atoms with van der Waals surface area (Å²) in [6.07, 6.45) is 11.2. The fourth-order valence-electron chi connectivity index (χ4n) is 8.89. The molecule has 2 aromatic carbocycles. The van der Waals surface area contributed by atoms with Crippen LogP contribution in [0.2, 0.25) is 0 Å². The van der Waals surface area contributed by atoms with Gasteiger partial charge in [-0.05, 0) is 122 Å². The number of ether oxygens (including phenoxy) is 2. The SMILES string of the molecule is C=C[C@H]1CN2CCC1CC2[C@@H](O)c1ccnc2ccc(OC)cc12.C=C[C@H]1CN2CCC1CC2[C@@H](O)c1ccnc2ccc(OC)cc12.O.[Cl-]. The van der Waals surface area contributed by atoms with Crippen LogP contribution < -0.4 is 21.9 Å². The summed E-state index contributed by atoms with van der Waals surface area (Å²) in [5.41, 5.74) is 3.69. The predicted octanol–water partition coefficient (Wildman–Crippen LogP) is 2.53. The van der Waals surface area contributed by atoms with Crippen LogP contribution in [0.15, 0.2) is 86.2 Å². The van der Waals surface area contributed by atoms with E-state index < -0.39 is 12.2 Å². The molecule has 9 nitrogen and oxygen atoms in total. The summed E-state index contributed by atoms with van der Waals surface area (Å²) in [5.74, 6) is 4.01. The molecule has 8 heterocycles. The average molecular weight is 702 g/mol. The van der Waals surface area contributed by atoms with E-state index in [1.807, 2.05) is 48.5 Å². The van der Waals surface area contributed by atoms with Crippen LogP contribution in [0, 0.1) is 23.7 Å². The Labute approximate surface area is 301 Å². The number of rotatable bonds is 8. The predicted molar refractivity (Wildman–Crippen MR) is 194 cm³/mol. The highest BCUT2D eigenvalue weighted by Crippen LogP contribution is 2.43. The van der Waals surface area contributed by atoms with Crippen molar-refractivity contribution in [2.24, 2.45) is 23.7 Å². The van der Waals surface area contributed by atoms with Crippen LogP contribution in [0.25, 0.3) is 21.8 Å². The van der Waals surface area contributed by atoms with E-state index in [1.165, 1.54) is 12.8 Å². The van der Waals surface area contributed by atoms with Gasteiger partial charge >= 0.3 is 0 Å². The maximum Gasteiger partial charge on any atom is 0.119 e. The summed E-state index contributed by atoms with van der Waals surface area (Å²) < 4.78 is 10.7. The first-order chi connectivity index (χ1) is 23.4. The molecule has 6 aliphatic rings. The number of aliphatic hydroxyl groups is 2. The monoisotopic (exact) mass is 701 g/mol. The highest BCUT2D eigenvalue weighted by atomic mass is 35.5. The van der Waals surface area contributed by atoms with Gasteiger partial charge in [0.15, 0.2) is 0 Å². The Kier molecular flexibility index (Phi) is 12.2. The van der Waals surface area contributed by atoms with E-state index in [-0.39, 0.29) is 30.0 Å². The lowest BCUT2D eigenvalue weighted by Gasteiger charge is -2.50. The summed E-state index contributed by atoms with van der Waals surface area (Å²) in [6, 6.07) is 15.9. The molecule has 6 saturated heterocycles. The van der Waals surface area contributed by atoms with Crippen molar-refractivity contribution >= 4 is 21.8 Å². The van der Waals surface area contributed by atoms with Crippen molar-refractivity contribution in [1.82, 2.24) is 19.8 Å². The van der Waals surface area contributed by atoms with Crippen LogP contribution in [-0.2, 0) is 0 Å². The number of nitrogens with zero attached hydrogens (tertiary/aromatic N) is 4. The Morgan fingerprint density at radius 2 is 1.14 bits per heavy atom. The molecule has 6 aliphatic heterocycles. The Balaban J connectivity index is 0.000000187. The average Bonchev–Trinajstić information content (AvgIpc) is 3.16. The summed E-state index contributed by atoms with van der Waals surface area (Å²) in [4.78, 5) is 13.7. The van der Waals surface area contributed by atoms with Crippen molar-refractivity contribution in [2.45, 2.75) is 50.0 Å². The molecule has 0 radical (unpaired) electrons. The van der Waals surface area contributed by atoms with Crippen molar-refractivity contribution in [1.29, 1.82) is 0 Å². The third-order valence-corrected chi connectivity index (χ3v) is 11.6. The molecule has 10 atom stereocenters. The first-order valence-electron chi connectivity index (χ1n) is 17.4. The minimum atomic E-state index is -0.504. The molecule has 10 rings (SSSR count). The lowest BCUT2D eigenvalue weighted by molar-refractivity contribution is -0.0445. The zero-order valence-corrected chi connectivity index (χ0v) is 29.8. The zero-order valence-electron chi connectivity index (χ0n) is 29.0. The van der Waals surface area contributed by atoms with Gasteiger partial charge in [-0.1, -0.05) is 12.2 Å². The summed E-state index contributed by atoms with van der Waals surface area (Å²) in [7, 11) is 3.32. The summed E-state index contributed by atoms with van der Waals surface area (Å²) in [5, 5.41) is 24.3. The second kappa shape index (κ2) is 16.2. The Morgan fingerprint density at radius 3 is 1.48 bits per heavy atom. The summed E-state index contributed by atoms with van der Waals surface area (Å²) in [6.45, 7) is 12.1. The van der Waals surface area contributed by atoms with Gasteiger partial charge in [-0.25, -0.2) is 0 Å². The van der Waals surface area contributed by atoms with Gasteiger partial charge in [-0.15, -0.1) is 13.2 Å². The Morgan fingerprint density at radius 1 is 0.720 bits per heavy atom. The first-order valence-corrected chi connectivity index (χ1v) is 17.4. The molecule has 0 aliphatic carbocycles. The number of benzene rings is 2. The minimum absolute atomic E-state index is 0. The highest BCUT2D eigenvalue weighted by Gasteiger charge is 2.43. The van der Waals surface area contributed by atoms with Crippen LogP contribution in [0.1, 0.15) is 49.0 Å². The molecule has 50 heavy (non-hydrogen) atoms. The van der Waals surface area contributed by atoms with Gasteiger partial charge in [0.2, 0.25) is 0 Å². The molecule has 6 unspecified atom stereocenters. The van der Waals surface area contributed by atoms with Crippen LogP contribution in [0.4, 0.5) is 0 Å². The fourth-order valence-corrected chi connectivity index (χ4v) is 8.89. The molecule has 4 bridgehead atoms. The van der Waals surface area contributed by atoms with E-state index in [4.69, 9.17) is 9.47 Å². The van der Waals surface area contributed by atoms with Gasteiger partial charge < -0.3 is 37.6 Å². The number of pyridine rings is 2. The van der Waals surface area contributed by atoms with Crippen molar-refractivity contribution in [3.63, 3.8) is 0 Å². The molecule has 2 aromatic heterocycles.